The molecule has 1 aliphatic carbocycles. The van der Waals surface area contributed by atoms with Gasteiger partial charge in [-0.05, 0) is 24.7 Å². The van der Waals surface area contributed by atoms with E-state index in [0.29, 0.717) is 12.5 Å². The van der Waals surface area contributed by atoms with Crippen molar-refractivity contribution in [1.29, 1.82) is 0 Å². The minimum Gasteiger partial charge on any atom is -0.382 e. The third-order valence-electron chi connectivity index (χ3n) is 4.25. The van der Waals surface area contributed by atoms with Gasteiger partial charge in [0.2, 0.25) is 0 Å². The van der Waals surface area contributed by atoms with E-state index in [0.717, 1.165) is 13.0 Å². The second-order valence-corrected chi connectivity index (χ2v) is 5.63. The van der Waals surface area contributed by atoms with Gasteiger partial charge in [-0.15, -0.1) is 0 Å². The van der Waals surface area contributed by atoms with E-state index >= 15 is 0 Å². The lowest BCUT2D eigenvalue weighted by Crippen LogP contribution is -2.45. The third kappa shape index (κ3) is 1.71. The second kappa shape index (κ2) is 3.72. The van der Waals surface area contributed by atoms with Crippen LogP contribution in [0.5, 0.6) is 0 Å². The highest BCUT2D eigenvalue weighted by atomic mass is 16.5. The van der Waals surface area contributed by atoms with E-state index < -0.39 is 0 Å². The molecule has 1 heterocycles. The molecule has 0 bridgehead atoms. The average molecular weight is 213 g/mol. The molecule has 1 aliphatic heterocycles. The van der Waals surface area contributed by atoms with E-state index in [1.807, 2.05) is 0 Å². The molecule has 0 amide bonds. The summed E-state index contributed by atoms with van der Waals surface area (Å²) in [5.41, 5.74) is 6.27. The van der Waals surface area contributed by atoms with Gasteiger partial charge < -0.3 is 15.2 Å². The van der Waals surface area contributed by atoms with Crippen molar-refractivity contribution in [3.63, 3.8) is 0 Å². The predicted molar refractivity (Wildman–Crippen MR) is 59.7 cm³/mol. The van der Waals surface area contributed by atoms with Crippen LogP contribution in [0.3, 0.4) is 0 Å². The molecule has 88 valence electrons. The van der Waals surface area contributed by atoms with Gasteiger partial charge >= 0.3 is 0 Å². The molecule has 3 nitrogen and oxygen atoms in total. The Morgan fingerprint density at radius 2 is 2.07 bits per heavy atom. The van der Waals surface area contributed by atoms with E-state index in [1.54, 1.807) is 7.11 Å². The van der Waals surface area contributed by atoms with Gasteiger partial charge in [0, 0.05) is 25.7 Å². The van der Waals surface area contributed by atoms with E-state index in [4.69, 9.17) is 15.2 Å². The molecule has 2 rings (SSSR count). The lowest BCUT2D eigenvalue weighted by Gasteiger charge is -2.38. The smallest absolute Gasteiger partial charge is 0.0963 e. The molecular formula is C12H23NO2. The van der Waals surface area contributed by atoms with Crippen LogP contribution in [0.1, 0.15) is 33.1 Å². The molecule has 0 aromatic carbocycles. The van der Waals surface area contributed by atoms with Gasteiger partial charge in [0.05, 0.1) is 12.2 Å². The van der Waals surface area contributed by atoms with Gasteiger partial charge in [-0.2, -0.15) is 0 Å². The highest BCUT2D eigenvalue weighted by Gasteiger charge is 2.65. The molecule has 1 saturated heterocycles. The van der Waals surface area contributed by atoms with Crippen LogP contribution in [0.25, 0.3) is 0 Å². The topological polar surface area (TPSA) is 44.5 Å². The molecule has 2 aliphatic rings. The van der Waals surface area contributed by atoms with E-state index in [9.17, 15) is 0 Å². The Morgan fingerprint density at radius 3 is 2.47 bits per heavy atom. The molecule has 3 heteroatoms. The Kier molecular flexibility index (Phi) is 2.82. The Bertz CT molecular complexity index is 228. The van der Waals surface area contributed by atoms with Crippen molar-refractivity contribution in [2.24, 2.45) is 17.1 Å². The Hall–Kier alpha value is -0.120. The van der Waals surface area contributed by atoms with Gasteiger partial charge in [-0.25, -0.2) is 0 Å². The van der Waals surface area contributed by atoms with Crippen LogP contribution in [-0.2, 0) is 9.47 Å². The summed E-state index contributed by atoms with van der Waals surface area (Å²) in [6.45, 7) is 6.02. The molecule has 0 aromatic rings. The normalized spacial score (nSPS) is 44.0. The fourth-order valence-electron chi connectivity index (χ4n) is 3.25. The number of methoxy groups -OCH3 is 1. The largest absolute Gasteiger partial charge is 0.382 e. The van der Waals surface area contributed by atoms with E-state index in [-0.39, 0.29) is 17.1 Å². The second-order valence-electron chi connectivity index (χ2n) is 5.63. The maximum Gasteiger partial charge on any atom is 0.0963 e. The first-order valence-electron chi connectivity index (χ1n) is 5.93. The number of ether oxygens (including phenoxy) is 2. The zero-order valence-corrected chi connectivity index (χ0v) is 10.1. The summed E-state index contributed by atoms with van der Waals surface area (Å²) >= 11 is 0. The quantitative estimate of drug-likeness (QED) is 0.773. The average Bonchev–Trinajstić information content (AvgIpc) is 2.68. The summed E-state index contributed by atoms with van der Waals surface area (Å²) in [4.78, 5) is 0. The number of hydrogen-bond acceptors (Lipinski definition) is 3. The summed E-state index contributed by atoms with van der Waals surface area (Å²) in [5.74, 6) is 0.463. The molecule has 1 unspecified atom stereocenters. The number of hydrogen-bond donors (Lipinski definition) is 1. The summed E-state index contributed by atoms with van der Waals surface area (Å²) in [6, 6.07) is 0.269. The minimum absolute atomic E-state index is 0.101. The van der Waals surface area contributed by atoms with Crippen molar-refractivity contribution >= 4 is 0 Å². The Morgan fingerprint density at radius 1 is 1.40 bits per heavy atom. The Balaban J connectivity index is 2.13. The zero-order chi connectivity index (χ0) is 11.1. The Labute approximate surface area is 92.3 Å². The van der Waals surface area contributed by atoms with Gasteiger partial charge in [0.15, 0.2) is 0 Å². The lowest BCUT2D eigenvalue weighted by molar-refractivity contribution is -0.135. The van der Waals surface area contributed by atoms with Crippen molar-refractivity contribution < 1.29 is 9.47 Å². The van der Waals surface area contributed by atoms with Crippen molar-refractivity contribution in [1.82, 2.24) is 0 Å². The van der Waals surface area contributed by atoms with Crippen molar-refractivity contribution in [2.45, 2.75) is 44.8 Å². The highest BCUT2D eigenvalue weighted by Crippen LogP contribution is 2.59. The molecule has 0 radical (unpaired) electrons. The summed E-state index contributed by atoms with van der Waals surface area (Å²) < 4.78 is 11.4. The maximum atomic E-state index is 6.16. The maximum absolute atomic E-state index is 6.16. The van der Waals surface area contributed by atoms with Crippen LogP contribution >= 0.6 is 0 Å². The third-order valence-corrected chi connectivity index (χ3v) is 4.25. The van der Waals surface area contributed by atoms with Crippen LogP contribution in [0.4, 0.5) is 0 Å². The van der Waals surface area contributed by atoms with E-state index in [2.05, 4.69) is 13.8 Å². The SMILES string of the molecule is COCC1([C@H]2[C@H](N)C2(C)C)CCCCO1. The van der Waals surface area contributed by atoms with E-state index in [1.165, 1.54) is 12.8 Å². The van der Waals surface area contributed by atoms with Crippen molar-refractivity contribution in [3.05, 3.63) is 0 Å². The first-order chi connectivity index (χ1) is 7.04. The monoisotopic (exact) mass is 213 g/mol. The van der Waals surface area contributed by atoms with Crippen LogP contribution in [-0.4, -0.2) is 32.0 Å². The molecule has 15 heavy (non-hydrogen) atoms. The molecule has 0 spiro atoms. The van der Waals surface area contributed by atoms with Gasteiger partial charge in [0.1, 0.15) is 0 Å². The van der Waals surface area contributed by atoms with Gasteiger partial charge in [-0.3, -0.25) is 0 Å². The number of rotatable bonds is 3. The standard InChI is InChI=1S/C12H23NO2/c1-11(2)9(10(11)13)12(8-14-3)6-4-5-7-15-12/h9-10H,4-8,13H2,1-3H3/t9-,10-,12?/m0/s1. The summed E-state index contributed by atoms with van der Waals surface area (Å²) in [7, 11) is 1.75. The van der Waals surface area contributed by atoms with Gasteiger partial charge in [0.25, 0.3) is 0 Å². The van der Waals surface area contributed by atoms with Crippen LogP contribution in [0, 0.1) is 11.3 Å². The van der Waals surface area contributed by atoms with Crippen LogP contribution in [0.15, 0.2) is 0 Å². The molecule has 2 fully saturated rings. The molecule has 1 saturated carbocycles. The highest BCUT2D eigenvalue weighted by molar-refractivity contribution is 5.18. The molecule has 3 atom stereocenters. The summed E-state index contributed by atoms with van der Waals surface area (Å²) in [6.07, 6.45) is 3.51. The molecule has 0 aromatic heterocycles. The van der Waals surface area contributed by atoms with Crippen LogP contribution < -0.4 is 5.73 Å². The fraction of sp³-hybridized carbons (Fsp3) is 1.00. The first kappa shape index (κ1) is 11.4. The summed E-state index contributed by atoms with van der Waals surface area (Å²) in [5, 5.41) is 0. The molecular weight excluding hydrogens is 190 g/mol. The first-order valence-corrected chi connectivity index (χ1v) is 5.93. The van der Waals surface area contributed by atoms with Crippen LogP contribution in [0.2, 0.25) is 0 Å². The lowest BCUT2D eigenvalue weighted by atomic mass is 9.86. The zero-order valence-electron chi connectivity index (χ0n) is 10.1. The predicted octanol–water partition coefficient (Wildman–Crippen LogP) is 1.56. The molecule has 2 N–H and O–H groups in total. The van der Waals surface area contributed by atoms with Gasteiger partial charge in [-0.1, -0.05) is 13.8 Å². The van der Waals surface area contributed by atoms with Crippen molar-refractivity contribution in [2.75, 3.05) is 20.3 Å². The number of nitrogens with two attached hydrogens (primary N) is 1. The minimum atomic E-state index is -0.101. The fourth-order valence-corrected chi connectivity index (χ4v) is 3.25. The van der Waals surface area contributed by atoms with Crippen molar-refractivity contribution in [3.8, 4) is 0 Å².